The molecule has 20 heavy (non-hydrogen) atoms. The lowest BCUT2D eigenvalue weighted by atomic mass is 9.99. The minimum Gasteiger partial charge on any atom is -0.330 e. The van der Waals surface area contributed by atoms with Crippen LogP contribution in [0.4, 0.5) is 0 Å². The molecule has 2 rings (SSSR count). The van der Waals surface area contributed by atoms with Crippen molar-refractivity contribution < 1.29 is 16.8 Å². The fraction of sp³-hybridized carbons (Fsp3) is 1.00. The number of nitrogens with two attached hydrogens (primary N) is 1. The van der Waals surface area contributed by atoms with Crippen LogP contribution in [0, 0.1) is 5.92 Å². The van der Waals surface area contributed by atoms with E-state index in [1.807, 2.05) is 0 Å². The van der Waals surface area contributed by atoms with Crippen molar-refractivity contribution in [2.45, 2.75) is 31.7 Å². The van der Waals surface area contributed by atoms with E-state index in [4.69, 9.17) is 5.73 Å². The highest BCUT2D eigenvalue weighted by molar-refractivity contribution is 7.91. The van der Waals surface area contributed by atoms with Crippen LogP contribution in [0.1, 0.15) is 25.7 Å². The lowest BCUT2D eigenvalue weighted by Gasteiger charge is -2.32. The molecule has 0 saturated carbocycles. The van der Waals surface area contributed by atoms with E-state index in [0.717, 1.165) is 12.8 Å². The van der Waals surface area contributed by atoms with Gasteiger partial charge in [-0.3, -0.25) is 0 Å². The zero-order valence-electron chi connectivity index (χ0n) is 11.5. The van der Waals surface area contributed by atoms with Crippen molar-refractivity contribution in [2.75, 3.05) is 31.1 Å². The maximum absolute atomic E-state index is 12.2. The molecule has 2 aliphatic rings. The van der Waals surface area contributed by atoms with E-state index in [0.29, 0.717) is 38.4 Å². The lowest BCUT2D eigenvalue weighted by Crippen LogP contribution is -2.51. The summed E-state index contributed by atoms with van der Waals surface area (Å²) in [5.74, 6) is 0.454. The Kier molecular flexibility index (Phi) is 5.06. The molecule has 2 aliphatic heterocycles. The van der Waals surface area contributed by atoms with Gasteiger partial charge in [-0.1, -0.05) is 0 Å². The zero-order chi connectivity index (χ0) is 14.8. The molecule has 0 aromatic heterocycles. The number of piperidine rings is 1. The third kappa shape index (κ3) is 4.14. The van der Waals surface area contributed by atoms with Gasteiger partial charge in [0.05, 0.1) is 11.5 Å². The van der Waals surface area contributed by atoms with Gasteiger partial charge in [0.15, 0.2) is 9.84 Å². The highest BCUT2D eigenvalue weighted by Crippen LogP contribution is 2.19. The Bertz CT molecular complexity index is 524. The second kappa shape index (κ2) is 6.27. The van der Waals surface area contributed by atoms with E-state index in [1.165, 1.54) is 4.31 Å². The molecule has 1 atom stereocenters. The molecule has 0 aliphatic carbocycles. The maximum Gasteiger partial charge on any atom is 0.279 e. The van der Waals surface area contributed by atoms with Gasteiger partial charge in [0.1, 0.15) is 0 Å². The SMILES string of the molecule is NCC1CCN(S(=O)(=O)NC2CCCS(=O)(=O)C2)CC1. The molecule has 7 nitrogen and oxygen atoms in total. The summed E-state index contributed by atoms with van der Waals surface area (Å²) in [7, 11) is -6.70. The first-order valence-electron chi connectivity index (χ1n) is 7.00. The van der Waals surface area contributed by atoms with E-state index in [2.05, 4.69) is 4.72 Å². The van der Waals surface area contributed by atoms with E-state index in [1.54, 1.807) is 0 Å². The summed E-state index contributed by atoms with van der Waals surface area (Å²) in [5.41, 5.74) is 5.59. The molecule has 0 aromatic rings. The molecular weight excluding hydrogens is 302 g/mol. The lowest BCUT2D eigenvalue weighted by molar-refractivity contribution is 0.274. The van der Waals surface area contributed by atoms with Crippen LogP contribution in [0.25, 0.3) is 0 Å². The predicted octanol–water partition coefficient (Wildman–Crippen LogP) is -0.931. The smallest absolute Gasteiger partial charge is 0.279 e. The topological polar surface area (TPSA) is 110 Å². The maximum atomic E-state index is 12.2. The van der Waals surface area contributed by atoms with Crippen LogP contribution < -0.4 is 10.5 Å². The van der Waals surface area contributed by atoms with Gasteiger partial charge in [0.2, 0.25) is 0 Å². The normalized spacial score (nSPS) is 29.4. The van der Waals surface area contributed by atoms with Gasteiger partial charge >= 0.3 is 0 Å². The number of nitrogens with one attached hydrogen (secondary N) is 1. The van der Waals surface area contributed by atoms with E-state index < -0.39 is 26.1 Å². The molecule has 0 amide bonds. The second-order valence-electron chi connectivity index (χ2n) is 5.65. The number of hydrogen-bond donors (Lipinski definition) is 2. The standard InChI is InChI=1S/C11H23N3O4S2/c12-8-10-3-5-14(6-4-10)20(17,18)13-11-2-1-7-19(15,16)9-11/h10-11,13H,1-9,12H2. The van der Waals surface area contributed by atoms with Gasteiger partial charge in [-0.15, -0.1) is 0 Å². The Morgan fingerprint density at radius 1 is 1.20 bits per heavy atom. The highest BCUT2D eigenvalue weighted by atomic mass is 32.2. The van der Waals surface area contributed by atoms with Crippen molar-refractivity contribution in [3.8, 4) is 0 Å². The number of hydrogen-bond acceptors (Lipinski definition) is 5. The Balaban J connectivity index is 1.94. The summed E-state index contributed by atoms with van der Waals surface area (Å²) in [5, 5.41) is 0. The molecule has 1 unspecified atom stereocenters. The minimum absolute atomic E-state index is 0.0918. The average Bonchev–Trinajstić information content (AvgIpc) is 2.37. The van der Waals surface area contributed by atoms with Crippen LogP contribution in [0.2, 0.25) is 0 Å². The molecule has 9 heteroatoms. The second-order valence-corrected chi connectivity index (χ2v) is 9.59. The molecule has 3 N–H and O–H groups in total. The molecule has 2 saturated heterocycles. The highest BCUT2D eigenvalue weighted by Gasteiger charge is 2.32. The Morgan fingerprint density at radius 2 is 1.85 bits per heavy atom. The van der Waals surface area contributed by atoms with E-state index in [-0.39, 0.29) is 11.5 Å². The summed E-state index contributed by atoms with van der Waals surface area (Å²) in [4.78, 5) is 0. The zero-order valence-corrected chi connectivity index (χ0v) is 13.1. The molecule has 0 radical (unpaired) electrons. The number of rotatable bonds is 4. The van der Waals surface area contributed by atoms with Gasteiger partial charge in [0, 0.05) is 19.1 Å². The molecular formula is C11H23N3O4S2. The van der Waals surface area contributed by atoms with Gasteiger partial charge in [-0.05, 0) is 38.1 Å². The Labute approximate surface area is 121 Å². The average molecular weight is 325 g/mol. The molecule has 0 spiro atoms. The Morgan fingerprint density at radius 3 is 2.40 bits per heavy atom. The summed E-state index contributed by atoms with van der Waals surface area (Å²) in [6, 6.07) is -0.494. The van der Waals surface area contributed by atoms with Crippen LogP contribution in [0.5, 0.6) is 0 Å². The van der Waals surface area contributed by atoms with Crippen LogP contribution in [0.3, 0.4) is 0 Å². The van der Waals surface area contributed by atoms with Gasteiger partial charge in [-0.25, -0.2) is 8.42 Å². The molecule has 2 fully saturated rings. The fourth-order valence-corrected chi connectivity index (χ4v) is 5.99. The molecule has 2 heterocycles. The quantitative estimate of drug-likeness (QED) is 0.694. The van der Waals surface area contributed by atoms with Crippen molar-refractivity contribution in [2.24, 2.45) is 11.7 Å². The monoisotopic (exact) mass is 325 g/mol. The summed E-state index contributed by atoms with van der Waals surface area (Å²) in [6.07, 6.45) is 2.63. The van der Waals surface area contributed by atoms with E-state index in [9.17, 15) is 16.8 Å². The van der Waals surface area contributed by atoms with Crippen LogP contribution in [-0.4, -0.2) is 58.3 Å². The summed E-state index contributed by atoms with van der Waals surface area (Å²) >= 11 is 0. The largest absolute Gasteiger partial charge is 0.330 e. The van der Waals surface area contributed by atoms with Gasteiger partial charge < -0.3 is 5.73 Å². The van der Waals surface area contributed by atoms with Crippen molar-refractivity contribution >= 4 is 20.0 Å². The van der Waals surface area contributed by atoms with Crippen LogP contribution in [0.15, 0.2) is 0 Å². The summed E-state index contributed by atoms with van der Waals surface area (Å²) < 4.78 is 51.5. The molecule has 0 bridgehead atoms. The molecule has 0 aromatic carbocycles. The first-order chi connectivity index (χ1) is 9.32. The van der Waals surface area contributed by atoms with Gasteiger partial charge in [0.25, 0.3) is 10.2 Å². The fourth-order valence-electron chi connectivity index (χ4n) is 2.79. The van der Waals surface area contributed by atoms with Crippen molar-refractivity contribution in [1.29, 1.82) is 0 Å². The third-order valence-corrected chi connectivity index (χ3v) is 7.52. The first kappa shape index (κ1) is 16.2. The predicted molar refractivity (Wildman–Crippen MR) is 77.1 cm³/mol. The van der Waals surface area contributed by atoms with Crippen LogP contribution >= 0.6 is 0 Å². The Hall–Kier alpha value is -0.220. The van der Waals surface area contributed by atoms with Crippen molar-refractivity contribution in [3.05, 3.63) is 0 Å². The molecule has 118 valence electrons. The third-order valence-electron chi connectivity index (χ3n) is 4.03. The van der Waals surface area contributed by atoms with Crippen molar-refractivity contribution in [1.82, 2.24) is 9.03 Å². The van der Waals surface area contributed by atoms with Crippen LogP contribution in [-0.2, 0) is 20.0 Å². The van der Waals surface area contributed by atoms with E-state index >= 15 is 0 Å². The number of nitrogens with zero attached hydrogens (tertiary/aromatic N) is 1. The summed E-state index contributed by atoms with van der Waals surface area (Å²) in [6.45, 7) is 1.50. The minimum atomic E-state index is -3.59. The van der Waals surface area contributed by atoms with Crippen molar-refractivity contribution in [3.63, 3.8) is 0 Å². The number of sulfone groups is 1. The van der Waals surface area contributed by atoms with Gasteiger partial charge in [-0.2, -0.15) is 17.4 Å². The first-order valence-corrected chi connectivity index (χ1v) is 10.3.